The topological polar surface area (TPSA) is 166 Å². The Kier molecular flexibility index (Phi) is 12.7. The summed E-state index contributed by atoms with van der Waals surface area (Å²) < 4.78 is 21.9. The number of benzene rings is 1. The molecule has 3 saturated carbocycles. The Morgan fingerprint density at radius 2 is 1.83 bits per heavy atom. The van der Waals surface area contributed by atoms with Gasteiger partial charge in [-0.15, -0.1) is 11.3 Å². The first-order chi connectivity index (χ1) is 33.5. The highest BCUT2D eigenvalue weighted by Gasteiger charge is 2.55. The van der Waals surface area contributed by atoms with E-state index in [1.807, 2.05) is 32.2 Å². The largest absolute Gasteiger partial charge is 0.464 e. The zero-order valence-electron chi connectivity index (χ0n) is 40.4. The van der Waals surface area contributed by atoms with Gasteiger partial charge in [0, 0.05) is 95.5 Å². The minimum absolute atomic E-state index is 0.0136. The quantitative estimate of drug-likeness (QED) is 0.130. The summed E-state index contributed by atoms with van der Waals surface area (Å²) in [6.07, 6.45) is 12.9. The van der Waals surface area contributed by atoms with Gasteiger partial charge in [-0.05, 0) is 93.7 Å². The fraction of sp³-hybridized carbons (Fsp3) is 0.566. The van der Waals surface area contributed by atoms with Crippen LogP contribution in [0.25, 0.3) is 33.4 Å². The highest BCUT2D eigenvalue weighted by Crippen LogP contribution is 2.53. The number of aromatic nitrogens is 5. The number of nitrogens with zero attached hydrogens (tertiary/aromatic N) is 7. The summed E-state index contributed by atoms with van der Waals surface area (Å²) in [7, 11) is 1.73. The maximum Gasteiger partial charge on any atom is 0.324 e. The lowest BCUT2D eigenvalue weighted by Crippen LogP contribution is -2.61. The third-order valence-corrected chi connectivity index (χ3v) is 16.6. The molecule has 4 aromatic heterocycles. The molecule has 69 heavy (non-hydrogen) atoms. The second kappa shape index (κ2) is 18.9. The molecule has 7 heterocycles. The van der Waals surface area contributed by atoms with Gasteiger partial charge in [-0.2, -0.15) is 0 Å². The number of rotatable bonds is 10. The first-order valence-electron chi connectivity index (χ1n) is 25.3. The van der Waals surface area contributed by atoms with E-state index in [1.54, 1.807) is 13.3 Å². The van der Waals surface area contributed by atoms with Crippen molar-refractivity contribution in [3.63, 3.8) is 0 Å². The number of hydrogen-bond acceptors (Lipinski definition) is 13. The first-order valence-corrected chi connectivity index (χ1v) is 26.1. The Hall–Kier alpha value is -5.13. The van der Waals surface area contributed by atoms with E-state index in [1.165, 1.54) is 35.5 Å². The Morgan fingerprint density at radius 1 is 1.00 bits per heavy atom. The van der Waals surface area contributed by atoms with Crippen molar-refractivity contribution in [1.29, 1.82) is 0 Å². The molecule has 16 heteroatoms. The molecule has 0 radical (unpaired) electrons. The van der Waals surface area contributed by atoms with E-state index >= 15 is 4.79 Å². The number of cyclic esters (lactones) is 1. The molecule has 0 unspecified atom stereocenters. The third kappa shape index (κ3) is 9.11. The molecule has 11 rings (SSSR count). The van der Waals surface area contributed by atoms with Crippen molar-refractivity contribution < 1.29 is 28.6 Å². The molecule has 3 aliphatic carbocycles. The predicted octanol–water partition coefficient (Wildman–Crippen LogP) is 7.89. The molecule has 1 aromatic carbocycles. The van der Waals surface area contributed by atoms with E-state index in [9.17, 15) is 9.59 Å². The second-order valence-electron chi connectivity index (χ2n) is 21.3. The molecule has 364 valence electrons. The maximum absolute atomic E-state index is 15.2. The van der Waals surface area contributed by atoms with Gasteiger partial charge in [0.25, 0.3) is 5.91 Å². The average Bonchev–Trinajstić information content (AvgIpc) is 4.23. The van der Waals surface area contributed by atoms with E-state index in [0.717, 1.165) is 95.6 Å². The van der Waals surface area contributed by atoms with Crippen LogP contribution in [0.4, 0.5) is 0 Å². The van der Waals surface area contributed by atoms with E-state index < -0.39 is 35.5 Å². The van der Waals surface area contributed by atoms with Gasteiger partial charge in [0.05, 0.1) is 41.9 Å². The number of thiazole rings is 1. The van der Waals surface area contributed by atoms with Gasteiger partial charge >= 0.3 is 5.97 Å². The molecule has 5 fully saturated rings. The maximum atomic E-state index is 15.2. The van der Waals surface area contributed by atoms with Crippen LogP contribution in [0, 0.1) is 17.3 Å². The number of hydrazine groups is 1. The van der Waals surface area contributed by atoms with Crippen molar-refractivity contribution in [3.8, 4) is 22.5 Å². The highest BCUT2D eigenvalue weighted by molar-refractivity contribution is 7.10. The summed E-state index contributed by atoms with van der Waals surface area (Å²) in [4.78, 5) is 65.5. The number of nitrogens with one attached hydrogen (secondary N) is 2. The minimum Gasteiger partial charge on any atom is -0.464 e. The van der Waals surface area contributed by atoms with Crippen LogP contribution in [0.15, 0.2) is 60.5 Å². The Bertz CT molecular complexity index is 2710. The highest BCUT2D eigenvalue weighted by atomic mass is 32.1. The van der Waals surface area contributed by atoms with Crippen LogP contribution in [-0.4, -0.2) is 110 Å². The summed E-state index contributed by atoms with van der Waals surface area (Å²) in [6.45, 7) is 10.9. The first kappa shape index (κ1) is 46.3. The molecule has 6 aliphatic rings. The molecular formula is C53H65N9O6S. The number of esters is 1. The molecular weight excluding hydrogens is 891 g/mol. The number of carbonyl (C=O) groups is 3. The normalized spacial score (nSPS) is 27.3. The molecule has 2 amide bonds. The van der Waals surface area contributed by atoms with Gasteiger partial charge in [0.1, 0.15) is 29.5 Å². The minimum atomic E-state index is -1.14. The van der Waals surface area contributed by atoms with Gasteiger partial charge in [0.15, 0.2) is 0 Å². The number of ether oxygens (including phenoxy) is 3. The molecule has 7 atom stereocenters. The van der Waals surface area contributed by atoms with Crippen LogP contribution in [-0.2, 0) is 35.0 Å². The van der Waals surface area contributed by atoms with Gasteiger partial charge in [-0.1, -0.05) is 46.1 Å². The van der Waals surface area contributed by atoms with Gasteiger partial charge in [0.2, 0.25) is 5.91 Å². The lowest BCUT2D eigenvalue weighted by Gasteiger charge is -2.42. The van der Waals surface area contributed by atoms with Crippen LogP contribution in [0.2, 0.25) is 0 Å². The average molecular weight is 956 g/mol. The Labute approximate surface area is 408 Å². The molecule has 5 aromatic rings. The van der Waals surface area contributed by atoms with E-state index in [0.29, 0.717) is 36.9 Å². The SMILES string of the molecule is CO[C@@H](C)c1ncccc1-c1c2c3cc(ccc3n1C1CN(C3CC3)C1)-c1csc(n1)[C@@H](OC1CCCCC1)[C@H](NC(=O)[C@@H]1[C@@H](C)[C@H]1c1ccncn1)C(=O)N1CCC[C@H](N1)C(=O)OCC(C)(C)C2. The zero-order chi connectivity index (χ0) is 47.6. The van der Waals surface area contributed by atoms with Crippen molar-refractivity contribution in [3.05, 3.63) is 82.5 Å². The molecule has 3 aliphatic heterocycles. The molecule has 6 bridgehead atoms. The van der Waals surface area contributed by atoms with Gasteiger partial charge < -0.3 is 24.1 Å². The van der Waals surface area contributed by atoms with E-state index in [2.05, 4.69) is 73.7 Å². The second-order valence-corrected chi connectivity index (χ2v) is 22.2. The summed E-state index contributed by atoms with van der Waals surface area (Å²) in [6, 6.07) is 11.7. The van der Waals surface area contributed by atoms with Crippen LogP contribution in [0.3, 0.4) is 0 Å². The lowest BCUT2D eigenvalue weighted by molar-refractivity contribution is -0.157. The summed E-state index contributed by atoms with van der Waals surface area (Å²) in [5, 5.41) is 8.52. The van der Waals surface area contributed by atoms with E-state index in [4.69, 9.17) is 24.2 Å². The monoisotopic (exact) mass is 955 g/mol. The number of pyridine rings is 1. The lowest BCUT2D eigenvalue weighted by atomic mass is 9.84. The summed E-state index contributed by atoms with van der Waals surface area (Å²) >= 11 is 1.45. The van der Waals surface area contributed by atoms with Crippen LogP contribution in [0.1, 0.15) is 132 Å². The fourth-order valence-corrected chi connectivity index (χ4v) is 12.5. The number of amides is 2. The van der Waals surface area contributed by atoms with Crippen molar-refractivity contribution >= 4 is 40.0 Å². The van der Waals surface area contributed by atoms with Crippen molar-refractivity contribution in [2.75, 3.05) is 33.4 Å². The third-order valence-electron chi connectivity index (χ3n) is 15.7. The Morgan fingerprint density at radius 3 is 2.59 bits per heavy atom. The zero-order valence-corrected chi connectivity index (χ0v) is 41.3. The van der Waals surface area contributed by atoms with Gasteiger partial charge in [-0.3, -0.25) is 29.3 Å². The van der Waals surface area contributed by atoms with Gasteiger partial charge in [-0.25, -0.2) is 20.4 Å². The van der Waals surface area contributed by atoms with Crippen LogP contribution in [0.5, 0.6) is 0 Å². The number of carbonyl (C=O) groups excluding carboxylic acids is 3. The standard InChI is InChI=1S/C53H65N9O6S/c1-30-43(39-19-21-54-29-56-39)44(30)49(63)58-46-48(68-35-11-7-6-8-12-35)50-57-41(27-69-50)32-15-18-42-37(23-32)38(24-53(3,4)28-67-52(65)40-14-10-22-61(59-40)51(46)64)47(36-13-9-20-55-45(36)31(2)66-5)62(42)34-25-60(26-34)33-16-17-33/h9,13,15,18-21,23,27,29-31,33-35,40,43-44,46,48,59H,6-8,10-12,14,16-17,22,24-26,28H2,1-5H3,(H,58,63)/t30-,31-,40-,43-,44+,46-,48-/m0/s1. The van der Waals surface area contributed by atoms with Crippen molar-refractivity contribution in [2.45, 2.75) is 140 Å². The molecule has 2 N–H and O–H groups in total. The molecule has 0 spiro atoms. The smallest absolute Gasteiger partial charge is 0.324 e. The van der Waals surface area contributed by atoms with E-state index in [-0.39, 0.29) is 48.5 Å². The van der Waals surface area contributed by atoms with Crippen LogP contribution < -0.4 is 10.7 Å². The predicted molar refractivity (Wildman–Crippen MR) is 262 cm³/mol. The van der Waals surface area contributed by atoms with Crippen molar-refractivity contribution in [2.24, 2.45) is 17.3 Å². The Balaban J connectivity index is 1.05. The number of hydrogen-bond donors (Lipinski definition) is 2. The number of fused-ring (bicyclic) bond motifs is 6. The number of methoxy groups -OCH3 is 1. The number of likely N-dealkylation sites (tertiary alicyclic amines) is 1. The summed E-state index contributed by atoms with van der Waals surface area (Å²) in [5.74, 6) is -1.51. The fourth-order valence-electron chi connectivity index (χ4n) is 11.6. The van der Waals surface area contributed by atoms with Crippen molar-refractivity contribution in [1.82, 2.24) is 45.2 Å². The summed E-state index contributed by atoms with van der Waals surface area (Å²) in [5.41, 5.74) is 10.6. The van der Waals surface area contributed by atoms with Crippen LogP contribution >= 0.6 is 11.3 Å². The molecule has 2 saturated heterocycles. The molecule has 15 nitrogen and oxygen atoms in total.